The summed E-state index contributed by atoms with van der Waals surface area (Å²) < 4.78 is 6.06. The van der Waals surface area contributed by atoms with Gasteiger partial charge in [0.1, 0.15) is 11.9 Å². The van der Waals surface area contributed by atoms with Crippen molar-refractivity contribution in [2.75, 3.05) is 0 Å². The SMILES string of the molecule is Cl.N[C@@H]1CCC[C@@H](Oc2cccc3[nH]ncc23)C1. The molecule has 0 amide bonds. The van der Waals surface area contributed by atoms with Crippen molar-refractivity contribution in [2.24, 2.45) is 5.73 Å². The van der Waals surface area contributed by atoms with Crippen LogP contribution >= 0.6 is 12.4 Å². The first-order valence-corrected chi connectivity index (χ1v) is 6.17. The van der Waals surface area contributed by atoms with Gasteiger partial charge in [0, 0.05) is 6.04 Å². The molecule has 5 heteroatoms. The summed E-state index contributed by atoms with van der Waals surface area (Å²) in [5.41, 5.74) is 6.99. The molecule has 18 heavy (non-hydrogen) atoms. The second-order valence-electron chi connectivity index (χ2n) is 4.75. The highest BCUT2D eigenvalue weighted by Gasteiger charge is 2.21. The first-order valence-electron chi connectivity index (χ1n) is 6.17. The average molecular weight is 268 g/mol. The van der Waals surface area contributed by atoms with Crippen LogP contribution < -0.4 is 10.5 Å². The molecule has 0 spiro atoms. The highest BCUT2D eigenvalue weighted by Crippen LogP contribution is 2.28. The molecule has 3 N–H and O–H groups in total. The lowest BCUT2D eigenvalue weighted by Gasteiger charge is -2.27. The van der Waals surface area contributed by atoms with E-state index >= 15 is 0 Å². The number of hydrogen-bond acceptors (Lipinski definition) is 3. The van der Waals surface area contributed by atoms with Gasteiger partial charge in [-0.2, -0.15) is 5.10 Å². The molecule has 0 unspecified atom stereocenters. The summed E-state index contributed by atoms with van der Waals surface area (Å²) in [7, 11) is 0. The predicted molar refractivity (Wildman–Crippen MR) is 74.2 cm³/mol. The molecule has 0 bridgehead atoms. The Morgan fingerprint density at radius 1 is 1.33 bits per heavy atom. The smallest absolute Gasteiger partial charge is 0.130 e. The zero-order valence-corrected chi connectivity index (χ0v) is 11.0. The molecule has 2 aromatic rings. The Morgan fingerprint density at radius 2 is 2.22 bits per heavy atom. The van der Waals surface area contributed by atoms with E-state index in [4.69, 9.17) is 10.5 Å². The molecule has 1 aliphatic carbocycles. The van der Waals surface area contributed by atoms with Gasteiger partial charge in [-0.25, -0.2) is 0 Å². The Kier molecular flexibility index (Phi) is 4.09. The van der Waals surface area contributed by atoms with Gasteiger partial charge < -0.3 is 10.5 Å². The maximum Gasteiger partial charge on any atom is 0.130 e. The van der Waals surface area contributed by atoms with Crippen LogP contribution in [0.3, 0.4) is 0 Å². The first-order chi connectivity index (χ1) is 8.33. The number of halogens is 1. The molecule has 4 nitrogen and oxygen atoms in total. The third-order valence-corrected chi connectivity index (χ3v) is 3.41. The third kappa shape index (κ3) is 2.60. The van der Waals surface area contributed by atoms with Crippen molar-refractivity contribution < 1.29 is 4.74 Å². The summed E-state index contributed by atoms with van der Waals surface area (Å²) in [6.07, 6.45) is 6.39. The van der Waals surface area contributed by atoms with Crippen molar-refractivity contribution in [3.05, 3.63) is 24.4 Å². The highest BCUT2D eigenvalue weighted by atomic mass is 35.5. The fourth-order valence-electron chi connectivity index (χ4n) is 2.51. The van der Waals surface area contributed by atoms with E-state index in [1.165, 1.54) is 0 Å². The second-order valence-corrected chi connectivity index (χ2v) is 4.75. The molecule has 1 aromatic heterocycles. The summed E-state index contributed by atoms with van der Waals surface area (Å²) in [5.74, 6) is 0.912. The Morgan fingerprint density at radius 3 is 3.06 bits per heavy atom. The summed E-state index contributed by atoms with van der Waals surface area (Å²) in [6, 6.07) is 6.27. The van der Waals surface area contributed by atoms with Crippen LogP contribution in [0.1, 0.15) is 25.7 Å². The van der Waals surface area contributed by atoms with Crippen LogP contribution in [0.25, 0.3) is 10.9 Å². The molecular formula is C13H18ClN3O. The molecular weight excluding hydrogens is 250 g/mol. The van der Waals surface area contributed by atoms with Crippen LogP contribution in [0.4, 0.5) is 0 Å². The van der Waals surface area contributed by atoms with Gasteiger partial charge in [0.2, 0.25) is 0 Å². The predicted octanol–water partition coefficient (Wildman–Crippen LogP) is 2.63. The van der Waals surface area contributed by atoms with Crippen LogP contribution in [0.5, 0.6) is 5.75 Å². The Bertz CT molecular complexity index is 514. The number of benzene rings is 1. The van der Waals surface area contributed by atoms with Crippen LogP contribution in [0.2, 0.25) is 0 Å². The average Bonchev–Trinajstić information content (AvgIpc) is 2.78. The molecule has 3 rings (SSSR count). The van der Waals surface area contributed by atoms with Crippen molar-refractivity contribution >= 4 is 23.3 Å². The number of nitrogens with one attached hydrogen (secondary N) is 1. The Labute approximate surface area is 112 Å². The van der Waals surface area contributed by atoms with E-state index in [1.54, 1.807) is 0 Å². The first kappa shape index (κ1) is 13.2. The van der Waals surface area contributed by atoms with E-state index in [1.807, 2.05) is 24.4 Å². The fourth-order valence-corrected chi connectivity index (χ4v) is 2.51. The minimum absolute atomic E-state index is 0. The van der Waals surface area contributed by atoms with E-state index in [9.17, 15) is 0 Å². The minimum Gasteiger partial charge on any atom is -0.490 e. The van der Waals surface area contributed by atoms with E-state index in [-0.39, 0.29) is 24.6 Å². The van der Waals surface area contributed by atoms with Gasteiger partial charge in [-0.1, -0.05) is 6.07 Å². The number of nitrogens with two attached hydrogens (primary N) is 1. The molecule has 1 aliphatic rings. The number of aromatic nitrogens is 2. The number of fused-ring (bicyclic) bond motifs is 1. The standard InChI is InChI=1S/C13H17N3O.ClH/c14-9-3-1-4-10(7-9)17-13-6-2-5-12-11(13)8-15-16-12;/h2,5-6,8-10H,1,3-4,7,14H2,(H,15,16);1H/t9-,10-;/m1./s1. The maximum atomic E-state index is 6.06. The summed E-state index contributed by atoms with van der Waals surface area (Å²) >= 11 is 0. The Hall–Kier alpha value is -1.26. The van der Waals surface area contributed by atoms with Gasteiger partial charge in [0.05, 0.1) is 17.1 Å². The fraction of sp³-hybridized carbons (Fsp3) is 0.462. The third-order valence-electron chi connectivity index (χ3n) is 3.41. The van der Waals surface area contributed by atoms with Crippen LogP contribution in [-0.4, -0.2) is 22.3 Å². The van der Waals surface area contributed by atoms with Gasteiger partial charge >= 0.3 is 0 Å². The molecule has 1 fully saturated rings. The van der Waals surface area contributed by atoms with E-state index < -0.39 is 0 Å². The zero-order chi connectivity index (χ0) is 11.7. The number of hydrogen-bond donors (Lipinski definition) is 2. The molecule has 1 saturated carbocycles. The molecule has 1 aromatic carbocycles. The van der Waals surface area contributed by atoms with E-state index in [2.05, 4.69) is 10.2 Å². The van der Waals surface area contributed by atoms with Gasteiger partial charge in [-0.15, -0.1) is 12.4 Å². The van der Waals surface area contributed by atoms with Crippen molar-refractivity contribution in [2.45, 2.75) is 37.8 Å². The quantitative estimate of drug-likeness (QED) is 0.879. The normalized spacial score (nSPS) is 23.6. The maximum absolute atomic E-state index is 6.06. The number of rotatable bonds is 2. The van der Waals surface area contributed by atoms with Crippen LogP contribution in [0, 0.1) is 0 Å². The molecule has 0 aliphatic heterocycles. The highest BCUT2D eigenvalue weighted by molar-refractivity contribution is 5.85. The number of nitrogens with zero attached hydrogens (tertiary/aromatic N) is 1. The van der Waals surface area contributed by atoms with Gasteiger partial charge in [-0.3, -0.25) is 5.10 Å². The molecule has 0 saturated heterocycles. The molecule has 2 atom stereocenters. The largest absolute Gasteiger partial charge is 0.490 e. The van der Waals surface area contributed by atoms with Crippen LogP contribution in [-0.2, 0) is 0 Å². The molecule has 98 valence electrons. The lowest BCUT2D eigenvalue weighted by atomic mass is 9.93. The van der Waals surface area contributed by atoms with Gasteiger partial charge in [0.15, 0.2) is 0 Å². The number of H-pyrrole nitrogens is 1. The lowest BCUT2D eigenvalue weighted by molar-refractivity contribution is 0.146. The Balaban J connectivity index is 0.00000120. The van der Waals surface area contributed by atoms with Crippen molar-refractivity contribution in [1.82, 2.24) is 10.2 Å². The van der Waals surface area contributed by atoms with Crippen molar-refractivity contribution in [3.8, 4) is 5.75 Å². The van der Waals surface area contributed by atoms with E-state index in [0.717, 1.165) is 42.3 Å². The monoisotopic (exact) mass is 267 g/mol. The van der Waals surface area contributed by atoms with Crippen molar-refractivity contribution in [3.63, 3.8) is 0 Å². The lowest BCUT2D eigenvalue weighted by Crippen LogP contribution is -2.33. The number of ether oxygens (including phenoxy) is 1. The van der Waals surface area contributed by atoms with Crippen LogP contribution in [0.15, 0.2) is 24.4 Å². The van der Waals surface area contributed by atoms with Crippen molar-refractivity contribution in [1.29, 1.82) is 0 Å². The summed E-state index contributed by atoms with van der Waals surface area (Å²) in [5, 5.41) is 8.04. The summed E-state index contributed by atoms with van der Waals surface area (Å²) in [6.45, 7) is 0. The molecule has 0 radical (unpaired) electrons. The van der Waals surface area contributed by atoms with Gasteiger partial charge in [-0.05, 0) is 37.8 Å². The van der Waals surface area contributed by atoms with E-state index in [0.29, 0.717) is 0 Å². The summed E-state index contributed by atoms with van der Waals surface area (Å²) in [4.78, 5) is 0. The molecule has 1 heterocycles. The minimum atomic E-state index is 0. The number of aromatic amines is 1. The van der Waals surface area contributed by atoms with Gasteiger partial charge in [0.25, 0.3) is 0 Å². The topological polar surface area (TPSA) is 63.9 Å². The zero-order valence-electron chi connectivity index (χ0n) is 10.1. The second kappa shape index (κ2) is 5.59.